The van der Waals surface area contributed by atoms with Crippen LogP contribution in [0.5, 0.6) is 5.75 Å². The summed E-state index contributed by atoms with van der Waals surface area (Å²) in [6, 6.07) is 8.99. The highest BCUT2D eigenvalue weighted by Gasteiger charge is 2.31. The van der Waals surface area contributed by atoms with E-state index in [1.54, 1.807) is 12.1 Å². The summed E-state index contributed by atoms with van der Waals surface area (Å²) in [5, 5.41) is 9.37. The minimum atomic E-state index is -1.10. The van der Waals surface area contributed by atoms with Crippen LogP contribution in [0.4, 0.5) is 0 Å². The molecule has 1 aromatic carbocycles. The number of aromatic hydroxyl groups is 1. The third-order valence-corrected chi connectivity index (χ3v) is 10.2. The first-order chi connectivity index (χ1) is 9.92. The van der Waals surface area contributed by atoms with Crippen LogP contribution in [0.15, 0.2) is 24.3 Å². The normalized spacial score (nSPS) is 24.2. The molecule has 2 nitrogen and oxygen atoms in total. The van der Waals surface area contributed by atoms with Crippen molar-refractivity contribution in [2.45, 2.75) is 69.8 Å². The van der Waals surface area contributed by atoms with Gasteiger partial charge in [0.2, 0.25) is 0 Å². The van der Waals surface area contributed by atoms with Crippen molar-refractivity contribution in [1.29, 1.82) is 0 Å². The Morgan fingerprint density at radius 2 is 1.95 bits per heavy atom. The molecule has 0 spiro atoms. The molecule has 3 atom stereocenters. The molecule has 21 heavy (non-hydrogen) atoms. The molecule has 0 radical (unpaired) electrons. The summed E-state index contributed by atoms with van der Waals surface area (Å²) in [7, 11) is -1.10. The van der Waals surface area contributed by atoms with Crippen LogP contribution < -0.4 is 0 Å². The van der Waals surface area contributed by atoms with E-state index in [1.165, 1.54) is 24.4 Å². The van der Waals surface area contributed by atoms with Gasteiger partial charge in [0.05, 0.1) is 20.8 Å². The van der Waals surface area contributed by atoms with Crippen LogP contribution in [0.25, 0.3) is 0 Å². The highest BCUT2D eigenvalue weighted by atomic mass is 28.3. The highest BCUT2D eigenvalue weighted by Crippen LogP contribution is 2.35. The van der Waals surface area contributed by atoms with Crippen molar-refractivity contribution in [2.24, 2.45) is 0 Å². The van der Waals surface area contributed by atoms with Gasteiger partial charge in [0.25, 0.3) is 0 Å². The fraction of sp³-hybridized carbons (Fsp3) is 0.667. The molecule has 1 heterocycles. The maximum atomic E-state index is 9.37. The summed E-state index contributed by atoms with van der Waals surface area (Å²) in [4.78, 5) is 0. The van der Waals surface area contributed by atoms with Crippen molar-refractivity contribution in [3.05, 3.63) is 29.8 Å². The second-order valence-corrected chi connectivity index (χ2v) is 12.8. The molecule has 2 rings (SSSR count). The number of rotatable bonds is 6. The molecule has 3 heteroatoms. The van der Waals surface area contributed by atoms with Gasteiger partial charge in [-0.25, -0.2) is 0 Å². The molecule has 1 unspecified atom stereocenters. The van der Waals surface area contributed by atoms with E-state index in [0.29, 0.717) is 17.8 Å². The molecule has 0 aromatic heterocycles. The fourth-order valence-corrected chi connectivity index (χ4v) is 5.88. The van der Waals surface area contributed by atoms with Gasteiger partial charge in [-0.2, -0.15) is 0 Å². The van der Waals surface area contributed by atoms with Gasteiger partial charge >= 0.3 is 0 Å². The van der Waals surface area contributed by atoms with Crippen molar-refractivity contribution in [1.82, 2.24) is 0 Å². The maximum absolute atomic E-state index is 9.37. The van der Waals surface area contributed by atoms with E-state index >= 15 is 0 Å². The van der Waals surface area contributed by atoms with E-state index in [2.05, 4.69) is 26.9 Å². The van der Waals surface area contributed by atoms with E-state index in [4.69, 9.17) is 4.74 Å². The van der Waals surface area contributed by atoms with Crippen molar-refractivity contribution in [2.75, 3.05) is 6.61 Å². The number of ether oxygens (including phenoxy) is 1. The summed E-state index contributed by atoms with van der Waals surface area (Å²) in [6.07, 6.45) is 4.09. The standard InChI is InChI=1S/C18H30O2Si/c1-5-14(2)21(3,4)11-10-18-12-16(13-20-18)15-6-8-17(19)9-7-15/h6-9,14,16,18-19H,5,10-13H2,1-4H3/t14?,16-,18-/m0/s1. The Bertz CT molecular complexity index is 441. The Morgan fingerprint density at radius 1 is 1.29 bits per heavy atom. The number of hydrogen-bond acceptors (Lipinski definition) is 2. The van der Waals surface area contributed by atoms with Crippen LogP contribution in [-0.2, 0) is 4.74 Å². The lowest BCUT2D eigenvalue weighted by Gasteiger charge is -2.30. The number of benzene rings is 1. The van der Waals surface area contributed by atoms with E-state index in [-0.39, 0.29) is 0 Å². The smallest absolute Gasteiger partial charge is 0.115 e. The second-order valence-electron chi connectivity index (χ2n) is 7.32. The van der Waals surface area contributed by atoms with Crippen LogP contribution in [0.3, 0.4) is 0 Å². The van der Waals surface area contributed by atoms with Gasteiger partial charge in [-0.1, -0.05) is 51.5 Å². The molecule has 1 N–H and O–H groups in total. The van der Waals surface area contributed by atoms with Gasteiger partial charge in [0.15, 0.2) is 0 Å². The first-order valence-electron chi connectivity index (χ1n) is 8.33. The van der Waals surface area contributed by atoms with Crippen LogP contribution in [0.2, 0.25) is 24.7 Å². The molecule has 118 valence electrons. The Hall–Kier alpha value is -0.803. The zero-order valence-electron chi connectivity index (χ0n) is 13.9. The summed E-state index contributed by atoms with van der Waals surface area (Å²) in [5.74, 6) is 0.847. The summed E-state index contributed by atoms with van der Waals surface area (Å²) >= 11 is 0. The Labute approximate surface area is 130 Å². The lowest BCUT2D eigenvalue weighted by Crippen LogP contribution is -2.31. The van der Waals surface area contributed by atoms with E-state index in [0.717, 1.165) is 18.6 Å². The minimum Gasteiger partial charge on any atom is -0.508 e. The van der Waals surface area contributed by atoms with Crippen LogP contribution in [0.1, 0.15) is 44.6 Å². The average molecular weight is 307 g/mol. The van der Waals surface area contributed by atoms with Crippen LogP contribution in [0, 0.1) is 0 Å². The molecular weight excluding hydrogens is 276 g/mol. The number of phenolic OH excluding ortho intramolecular Hbond substituents is 1. The van der Waals surface area contributed by atoms with Gasteiger partial charge < -0.3 is 9.84 Å². The maximum Gasteiger partial charge on any atom is 0.115 e. The molecular formula is C18H30O2Si. The van der Waals surface area contributed by atoms with Gasteiger partial charge in [0, 0.05) is 5.92 Å². The summed E-state index contributed by atoms with van der Waals surface area (Å²) < 4.78 is 6.02. The number of phenols is 1. The Morgan fingerprint density at radius 3 is 2.57 bits per heavy atom. The minimum absolute atomic E-state index is 0.343. The predicted octanol–water partition coefficient (Wildman–Crippen LogP) is 5.16. The van der Waals surface area contributed by atoms with Gasteiger partial charge in [0.1, 0.15) is 5.75 Å². The van der Waals surface area contributed by atoms with E-state index < -0.39 is 8.07 Å². The number of hydrogen-bond donors (Lipinski definition) is 1. The molecule has 1 aliphatic heterocycles. The van der Waals surface area contributed by atoms with Crippen molar-refractivity contribution < 1.29 is 9.84 Å². The predicted molar refractivity (Wildman–Crippen MR) is 91.8 cm³/mol. The molecule has 0 saturated carbocycles. The summed E-state index contributed by atoms with van der Waals surface area (Å²) in [6.45, 7) is 10.6. The fourth-order valence-electron chi connectivity index (χ4n) is 3.22. The second kappa shape index (κ2) is 6.97. The van der Waals surface area contributed by atoms with E-state index in [9.17, 15) is 5.11 Å². The highest BCUT2D eigenvalue weighted by molar-refractivity contribution is 6.78. The Balaban J connectivity index is 1.84. The average Bonchev–Trinajstić information content (AvgIpc) is 2.94. The van der Waals surface area contributed by atoms with Gasteiger partial charge in [-0.3, -0.25) is 0 Å². The molecule has 1 fully saturated rings. The quantitative estimate of drug-likeness (QED) is 0.735. The monoisotopic (exact) mass is 306 g/mol. The van der Waals surface area contributed by atoms with Crippen molar-refractivity contribution in [3.63, 3.8) is 0 Å². The van der Waals surface area contributed by atoms with E-state index in [1.807, 2.05) is 12.1 Å². The zero-order valence-corrected chi connectivity index (χ0v) is 14.9. The van der Waals surface area contributed by atoms with Crippen molar-refractivity contribution >= 4 is 8.07 Å². The van der Waals surface area contributed by atoms with Crippen LogP contribution >= 0.6 is 0 Å². The molecule has 1 aromatic rings. The molecule has 1 saturated heterocycles. The third-order valence-electron chi connectivity index (χ3n) is 5.50. The van der Waals surface area contributed by atoms with Crippen molar-refractivity contribution in [3.8, 4) is 5.75 Å². The molecule has 0 amide bonds. The molecule has 1 aliphatic rings. The lowest BCUT2D eigenvalue weighted by atomic mass is 9.96. The van der Waals surface area contributed by atoms with Crippen LogP contribution in [-0.4, -0.2) is 25.9 Å². The lowest BCUT2D eigenvalue weighted by molar-refractivity contribution is 0.106. The third kappa shape index (κ3) is 4.33. The zero-order chi connectivity index (χ0) is 15.5. The summed E-state index contributed by atoms with van der Waals surface area (Å²) in [5.41, 5.74) is 2.19. The topological polar surface area (TPSA) is 29.5 Å². The first-order valence-corrected chi connectivity index (χ1v) is 11.6. The first kappa shape index (κ1) is 16.6. The largest absolute Gasteiger partial charge is 0.508 e. The van der Waals surface area contributed by atoms with Gasteiger partial charge in [-0.15, -0.1) is 0 Å². The Kier molecular flexibility index (Phi) is 5.50. The molecule has 0 bridgehead atoms. The SMILES string of the molecule is CCC(C)[Si](C)(C)CC[C@H]1C[C@H](c2ccc(O)cc2)CO1. The molecule has 0 aliphatic carbocycles. The van der Waals surface area contributed by atoms with Gasteiger partial charge in [-0.05, 0) is 36.1 Å².